The van der Waals surface area contributed by atoms with Crippen molar-refractivity contribution >= 4 is 34.8 Å². The van der Waals surface area contributed by atoms with Gasteiger partial charge in [-0.1, -0.05) is 11.6 Å². The van der Waals surface area contributed by atoms with Crippen LogP contribution >= 0.6 is 23.2 Å². The molecule has 0 aliphatic heterocycles. The molecule has 0 aromatic carbocycles. The number of Topliss-reactive ketones (excluding diaryl/α,β-unsaturated/α-hetero) is 2. The fraction of sp³-hybridized carbons (Fsp3) is 0.333. The van der Waals surface area contributed by atoms with E-state index in [0.29, 0.717) is 0 Å². The maximum Gasteiger partial charge on any atom is 0.224 e. The first kappa shape index (κ1) is 8.56. The molecule has 1 atom stereocenters. The lowest BCUT2D eigenvalue weighted by Gasteiger charge is -1.96. The average Bonchev–Trinajstić information content (AvgIpc) is 2.17. The van der Waals surface area contributed by atoms with E-state index in [4.69, 9.17) is 23.2 Å². The first-order chi connectivity index (χ1) is 5.09. The Bertz CT molecular complexity index is 257. The van der Waals surface area contributed by atoms with E-state index < -0.39 is 16.9 Å². The Kier molecular flexibility index (Phi) is 2.20. The van der Waals surface area contributed by atoms with Gasteiger partial charge < -0.3 is 4.74 Å². The molecule has 1 aliphatic carbocycles. The minimum Gasteiger partial charge on any atom is -0.491 e. The minimum absolute atomic E-state index is 0.142. The van der Waals surface area contributed by atoms with Gasteiger partial charge in [-0.2, -0.15) is 0 Å². The summed E-state index contributed by atoms with van der Waals surface area (Å²) in [5.74, 6) is -1.30. The zero-order valence-corrected chi connectivity index (χ0v) is 7.07. The standard InChI is InChI=1S/C6H4Cl2O3/c1-11-6-3(8)4(9)2(7)5(6)10/h2H,1H3. The molecule has 0 N–H and O–H groups in total. The summed E-state index contributed by atoms with van der Waals surface area (Å²) in [5, 5.41) is -1.41. The molecule has 1 aliphatic rings. The summed E-state index contributed by atoms with van der Waals surface area (Å²) in [7, 11) is 1.26. The van der Waals surface area contributed by atoms with E-state index in [0.717, 1.165) is 0 Å². The van der Waals surface area contributed by atoms with Crippen LogP contribution in [0.15, 0.2) is 10.8 Å². The number of allylic oxidation sites excluding steroid dienone is 2. The Hall–Kier alpha value is -0.540. The third-order valence-corrected chi connectivity index (χ3v) is 2.06. The van der Waals surface area contributed by atoms with Crippen LogP contribution in [-0.4, -0.2) is 24.1 Å². The van der Waals surface area contributed by atoms with E-state index in [1.807, 2.05) is 0 Å². The number of hydrogen-bond donors (Lipinski definition) is 0. The van der Waals surface area contributed by atoms with Crippen LogP contribution in [-0.2, 0) is 14.3 Å². The zero-order chi connectivity index (χ0) is 8.59. The predicted molar refractivity (Wildman–Crippen MR) is 39.5 cm³/mol. The molecule has 0 aromatic heterocycles. The molecule has 0 aromatic rings. The Labute approximate surface area is 72.9 Å². The molecular formula is C6H4Cl2O3. The summed E-state index contributed by atoms with van der Waals surface area (Å²) < 4.78 is 4.57. The minimum atomic E-state index is -1.20. The van der Waals surface area contributed by atoms with Crippen LogP contribution in [0.3, 0.4) is 0 Å². The van der Waals surface area contributed by atoms with Gasteiger partial charge in [0.25, 0.3) is 0 Å². The van der Waals surface area contributed by atoms with Gasteiger partial charge in [0, 0.05) is 0 Å². The first-order valence-electron chi connectivity index (χ1n) is 2.76. The molecule has 3 nitrogen and oxygen atoms in total. The molecule has 0 radical (unpaired) electrons. The maximum absolute atomic E-state index is 10.9. The lowest BCUT2D eigenvalue weighted by molar-refractivity contribution is -0.121. The molecule has 0 saturated carbocycles. The predicted octanol–water partition coefficient (Wildman–Crippen LogP) is 0.842. The summed E-state index contributed by atoms with van der Waals surface area (Å²) in [6, 6.07) is 0. The third-order valence-electron chi connectivity index (χ3n) is 1.30. The van der Waals surface area contributed by atoms with Gasteiger partial charge >= 0.3 is 0 Å². The second-order valence-electron chi connectivity index (χ2n) is 1.94. The van der Waals surface area contributed by atoms with Gasteiger partial charge in [-0.05, 0) is 0 Å². The molecule has 1 rings (SSSR count). The second kappa shape index (κ2) is 2.83. The van der Waals surface area contributed by atoms with Gasteiger partial charge in [-0.25, -0.2) is 0 Å². The topological polar surface area (TPSA) is 43.4 Å². The second-order valence-corrected chi connectivity index (χ2v) is 2.75. The lowest BCUT2D eigenvalue weighted by Crippen LogP contribution is -2.17. The van der Waals surface area contributed by atoms with Crippen molar-refractivity contribution in [2.45, 2.75) is 5.38 Å². The number of ketones is 2. The Morgan fingerprint density at radius 3 is 2.09 bits per heavy atom. The van der Waals surface area contributed by atoms with Crippen molar-refractivity contribution in [3.05, 3.63) is 10.8 Å². The highest BCUT2D eigenvalue weighted by atomic mass is 35.5. The number of rotatable bonds is 1. The van der Waals surface area contributed by atoms with Crippen LogP contribution < -0.4 is 0 Å². The molecule has 60 valence electrons. The van der Waals surface area contributed by atoms with Crippen LogP contribution in [0.4, 0.5) is 0 Å². The van der Waals surface area contributed by atoms with E-state index in [-0.39, 0.29) is 10.8 Å². The van der Waals surface area contributed by atoms with Crippen molar-refractivity contribution in [2.75, 3.05) is 7.11 Å². The van der Waals surface area contributed by atoms with Crippen LogP contribution in [0.1, 0.15) is 0 Å². The number of methoxy groups -OCH3 is 1. The molecule has 0 fully saturated rings. The Balaban J connectivity index is 3.08. The van der Waals surface area contributed by atoms with Gasteiger partial charge in [0.1, 0.15) is 5.03 Å². The normalized spacial score (nSPS) is 24.8. The number of alkyl halides is 1. The van der Waals surface area contributed by atoms with Crippen LogP contribution in [0.2, 0.25) is 0 Å². The molecule has 0 amide bonds. The number of carbonyl (C=O) groups excluding carboxylic acids is 2. The van der Waals surface area contributed by atoms with Gasteiger partial charge in [-0.15, -0.1) is 11.6 Å². The smallest absolute Gasteiger partial charge is 0.224 e. The summed E-state index contributed by atoms with van der Waals surface area (Å²) >= 11 is 10.8. The molecule has 0 spiro atoms. The fourth-order valence-corrected chi connectivity index (χ4v) is 1.30. The van der Waals surface area contributed by atoms with E-state index in [9.17, 15) is 9.59 Å². The van der Waals surface area contributed by atoms with E-state index in [1.165, 1.54) is 7.11 Å². The largest absolute Gasteiger partial charge is 0.491 e. The fourth-order valence-electron chi connectivity index (χ4n) is 0.756. The molecule has 5 heteroatoms. The summed E-state index contributed by atoms with van der Waals surface area (Å²) in [5.41, 5.74) is 0. The molecule has 1 unspecified atom stereocenters. The van der Waals surface area contributed by atoms with Crippen LogP contribution in [0.5, 0.6) is 0 Å². The van der Waals surface area contributed by atoms with Gasteiger partial charge in [0.15, 0.2) is 11.1 Å². The lowest BCUT2D eigenvalue weighted by atomic mass is 10.3. The van der Waals surface area contributed by atoms with Crippen LogP contribution in [0.25, 0.3) is 0 Å². The zero-order valence-electron chi connectivity index (χ0n) is 5.56. The van der Waals surface area contributed by atoms with Gasteiger partial charge in [0.05, 0.1) is 7.11 Å². The number of carbonyl (C=O) groups is 2. The Morgan fingerprint density at radius 2 is 1.91 bits per heavy atom. The highest BCUT2D eigenvalue weighted by molar-refractivity contribution is 6.59. The maximum atomic E-state index is 10.9. The van der Waals surface area contributed by atoms with Crippen molar-refractivity contribution in [2.24, 2.45) is 0 Å². The number of halogens is 2. The molecule has 0 saturated heterocycles. The van der Waals surface area contributed by atoms with Crippen molar-refractivity contribution in [3.63, 3.8) is 0 Å². The van der Waals surface area contributed by atoms with Gasteiger partial charge in [-0.3, -0.25) is 9.59 Å². The Morgan fingerprint density at radius 1 is 1.36 bits per heavy atom. The molecule has 0 bridgehead atoms. The average molecular weight is 195 g/mol. The SMILES string of the molecule is COC1=C(Cl)C(=O)C(Cl)C1=O. The van der Waals surface area contributed by atoms with Crippen LogP contribution in [0, 0.1) is 0 Å². The number of ether oxygens (including phenoxy) is 1. The summed E-state index contributed by atoms with van der Waals surface area (Å²) in [6.07, 6.45) is 0. The summed E-state index contributed by atoms with van der Waals surface area (Å²) in [6.45, 7) is 0. The van der Waals surface area contributed by atoms with E-state index in [1.54, 1.807) is 0 Å². The first-order valence-corrected chi connectivity index (χ1v) is 3.57. The van der Waals surface area contributed by atoms with E-state index >= 15 is 0 Å². The monoisotopic (exact) mass is 194 g/mol. The quantitative estimate of drug-likeness (QED) is 0.460. The van der Waals surface area contributed by atoms with Crippen molar-refractivity contribution in [1.29, 1.82) is 0 Å². The van der Waals surface area contributed by atoms with Crippen molar-refractivity contribution in [3.8, 4) is 0 Å². The molecular weight excluding hydrogens is 191 g/mol. The molecule has 11 heavy (non-hydrogen) atoms. The summed E-state index contributed by atoms with van der Waals surface area (Å²) in [4.78, 5) is 21.8. The molecule has 0 heterocycles. The van der Waals surface area contributed by atoms with Gasteiger partial charge in [0.2, 0.25) is 11.6 Å². The highest BCUT2D eigenvalue weighted by Gasteiger charge is 2.40. The highest BCUT2D eigenvalue weighted by Crippen LogP contribution is 2.26. The van der Waals surface area contributed by atoms with E-state index in [2.05, 4.69) is 4.74 Å². The third kappa shape index (κ3) is 1.14. The number of hydrogen-bond acceptors (Lipinski definition) is 3. The van der Waals surface area contributed by atoms with Crippen molar-refractivity contribution < 1.29 is 14.3 Å². The van der Waals surface area contributed by atoms with Crippen molar-refractivity contribution in [1.82, 2.24) is 0 Å².